The Morgan fingerprint density at radius 2 is 1.60 bits per heavy atom. The van der Waals surface area contributed by atoms with Crippen molar-refractivity contribution in [1.82, 2.24) is 0 Å². The molecule has 1 aliphatic rings. The Balaban J connectivity index is 1.45. The molecule has 9 heteroatoms. The number of hydrogen-bond acceptors (Lipinski definition) is 7. The van der Waals surface area contributed by atoms with E-state index < -0.39 is 23.7 Å². The van der Waals surface area contributed by atoms with Gasteiger partial charge in [0, 0.05) is 0 Å². The monoisotopic (exact) mass is 474 g/mol. The summed E-state index contributed by atoms with van der Waals surface area (Å²) in [5.41, 5.74) is 6.58. The molecule has 1 aliphatic heterocycles. The van der Waals surface area contributed by atoms with Gasteiger partial charge in [-0.1, -0.05) is 12.1 Å². The highest BCUT2D eigenvalue weighted by molar-refractivity contribution is 6.34. The lowest BCUT2D eigenvalue weighted by Crippen LogP contribution is -2.29. The summed E-state index contributed by atoms with van der Waals surface area (Å²) in [6.45, 7) is 2.03. The van der Waals surface area contributed by atoms with Gasteiger partial charge in [-0.3, -0.25) is 14.4 Å². The summed E-state index contributed by atoms with van der Waals surface area (Å²) < 4.78 is 16.0. The van der Waals surface area contributed by atoms with E-state index in [-0.39, 0.29) is 29.9 Å². The number of hydrogen-bond donors (Lipinski definition) is 1. The Morgan fingerprint density at radius 3 is 2.31 bits per heavy atom. The van der Waals surface area contributed by atoms with Crippen molar-refractivity contribution in [3.8, 4) is 11.5 Å². The lowest BCUT2D eigenvalue weighted by Gasteiger charge is -2.14. The fourth-order valence-corrected chi connectivity index (χ4v) is 3.57. The van der Waals surface area contributed by atoms with E-state index in [1.54, 1.807) is 48.5 Å². The first kappa shape index (κ1) is 23.5. The van der Waals surface area contributed by atoms with Gasteiger partial charge in [0.05, 0.1) is 29.0 Å². The number of ether oxygens (including phenoxy) is 3. The lowest BCUT2D eigenvalue weighted by atomic mass is 10.1. The van der Waals surface area contributed by atoms with E-state index in [0.29, 0.717) is 29.4 Å². The molecule has 0 spiro atoms. The number of nitrogens with two attached hydrogens (primary N) is 1. The molecule has 35 heavy (non-hydrogen) atoms. The number of nitrogens with zero attached hydrogens (tertiary/aromatic N) is 1. The van der Waals surface area contributed by atoms with Crippen molar-refractivity contribution in [3.05, 3.63) is 89.0 Å². The largest absolute Gasteiger partial charge is 0.494 e. The van der Waals surface area contributed by atoms with E-state index in [1.165, 1.54) is 18.2 Å². The molecule has 0 aromatic heterocycles. The van der Waals surface area contributed by atoms with Crippen LogP contribution in [0.2, 0.25) is 0 Å². The van der Waals surface area contributed by atoms with E-state index in [9.17, 15) is 19.2 Å². The molecule has 3 aromatic carbocycles. The summed E-state index contributed by atoms with van der Waals surface area (Å²) in [4.78, 5) is 50.4. The van der Waals surface area contributed by atoms with Crippen molar-refractivity contribution in [2.45, 2.75) is 13.5 Å². The van der Waals surface area contributed by atoms with Crippen LogP contribution in [-0.4, -0.2) is 36.9 Å². The number of primary amides is 1. The lowest BCUT2D eigenvalue weighted by molar-refractivity contribution is -0.119. The third kappa shape index (κ3) is 5.14. The molecule has 0 aliphatic carbocycles. The highest BCUT2D eigenvalue weighted by Gasteiger charge is 2.37. The van der Waals surface area contributed by atoms with Gasteiger partial charge in [0.25, 0.3) is 17.7 Å². The second-order valence-electron chi connectivity index (χ2n) is 7.61. The molecule has 0 unspecified atom stereocenters. The molecule has 178 valence electrons. The molecular weight excluding hydrogens is 452 g/mol. The maximum absolute atomic E-state index is 13.0. The quantitative estimate of drug-likeness (QED) is 0.373. The van der Waals surface area contributed by atoms with E-state index in [1.807, 2.05) is 6.92 Å². The van der Waals surface area contributed by atoms with E-state index >= 15 is 0 Å². The van der Waals surface area contributed by atoms with Gasteiger partial charge in [-0.15, -0.1) is 0 Å². The van der Waals surface area contributed by atoms with Crippen molar-refractivity contribution < 1.29 is 33.4 Å². The van der Waals surface area contributed by atoms with Gasteiger partial charge in [0.15, 0.2) is 6.61 Å². The second-order valence-corrected chi connectivity index (χ2v) is 7.61. The van der Waals surface area contributed by atoms with Crippen molar-refractivity contribution in [2.75, 3.05) is 18.1 Å². The fourth-order valence-electron chi connectivity index (χ4n) is 3.57. The van der Waals surface area contributed by atoms with Crippen LogP contribution in [0.4, 0.5) is 5.69 Å². The molecule has 0 fully saturated rings. The maximum Gasteiger partial charge on any atom is 0.338 e. The first-order valence-electron chi connectivity index (χ1n) is 10.8. The van der Waals surface area contributed by atoms with Crippen LogP contribution in [0.25, 0.3) is 0 Å². The number of carbonyl (C=O) groups excluding carboxylic acids is 4. The molecule has 3 amide bonds. The minimum absolute atomic E-state index is 0.0606. The molecule has 0 bridgehead atoms. The normalized spacial score (nSPS) is 12.3. The molecule has 9 nitrogen and oxygen atoms in total. The molecule has 0 saturated heterocycles. The number of fused-ring (bicyclic) bond motifs is 1. The zero-order valence-electron chi connectivity index (χ0n) is 18.9. The highest BCUT2D eigenvalue weighted by Crippen LogP contribution is 2.30. The summed E-state index contributed by atoms with van der Waals surface area (Å²) in [5, 5.41) is 0. The van der Waals surface area contributed by atoms with E-state index in [2.05, 4.69) is 0 Å². The third-order valence-electron chi connectivity index (χ3n) is 5.18. The molecule has 3 aromatic rings. The molecule has 1 heterocycles. The van der Waals surface area contributed by atoms with Crippen molar-refractivity contribution in [1.29, 1.82) is 0 Å². The number of carbonyl (C=O) groups is 4. The standard InChI is InChI=1S/C26H22N2O7/c1-2-33-19-9-7-18(8-10-19)28-24(30)21-11-6-17(13-22(21)25(28)31)26(32)35-14-16-4-3-5-20(12-16)34-15-23(27)29/h3-13H,2,14-15H2,1H3,(H2,27,29). The number of amides is 3. The molecule has 0 radical (unpaired) electrons. The highest BCUT2D eigenvalue weighted by atomic mass is 16.5. The zero-order valence-corrected chi connectivity index (χ0v) is 18.9. The average Bonchev–Trinajstić information content (AvgIpc) is 3.11. The van der Waals surface area contributed by atoms with Gasteiger partial charge in [-0.05, 0) is 67.1 Å². The van der Waals surface area contributed by atoms with E-state index in [4.69, 9.17) is 19.9 Å². The smallest absolute Gasteiger partial charge is 0.338 e. The van der Waals surface area contributed by atoms with Crippen molar-refractivity contribution >= 4 is 29.4 Å². The Bertz CT molecular complexity index is 1300. The van der Waals surface area contributed by atoms with Crippen LogP contribution in [0, 0.1) is 0 Å². The van der Waals surface area contributed by atoms with Crippen LogP contribution in [0.3, 0.4) is 0 Å². The number of rotatable bonds is 9. The zero-order chi connectivity index (χ0) is 24.9. The fraction of sp³-hybridized carbons (Fsp3) is 0.154. The van der Waals surface area contributed by atoms with Gasteiger partial charge in [0.2, 0.25) is 0 Å². The Hall–Kier alpha value is -4.66. The van der Waals surface area contributed by atoms with Crippen LogP contribution >= 0.6 is 0 Å². The van der Waals surface area contributed by atoms with Gasteiger partial charge < -0.3 is 19.9 Å². The van der Waals surface area contributed by atoms with Crippen LogP contribution in [0.15, 0.2) is 66.7 Å². The molecular formula is C26H22N2O7. The average molecular weight is 474 g/mol. The number of anilines is 1. The minimum atomic E-state index is -0.656. The summed E-state index contributed by atoms with van der Waals surface area (Å²) in [6, 6.07) is 17.5. The summed E-state index contributed by atoms with van der Waals surface area (Å²) in [7, 11) is 0. The van der Waals surface area contributed by atoms with Crippen LogP contribution < -0.4 is 20.1 Å². The van der Waals surface area contributed by atoms with Gasteiger partial charge in [-0.25, -0.2) is 9.69 Å². The first-order valence-corrected chi connectivity index (χ1v) is 10.8. The first-order chi connectivity index (χ1) is 16.9. The topological polar surface area (TPSA) is 125 Å². The van der Waals surface area contributed by atoms with E-state index in [0.717, 1.165) is 4.90 Å². The van der Waals surface area contributed by atoms with Gasteiger partial charge in [0.1, 0.15) is 18.1 Å². The van der Waals surface area contributed by atoms with Crippen molar-refractivity contribution in [3.63, 3.8) is 0 Å². The predicted molar refractivity (Wildman–Crippen MR) is 125 cm³/mol. The van der Waals surface area contributed by atoms with Crippen LogP contribution in [0.1, 0.15) is 43.6 Å². The number of benzene rings is 3. The maximum atomic E-state index is 13.0. The van der Waals surface area contributed by atoms with Crippen LogP contribution in [-0.2, 0) is 16.1 Å². The summed E-state index contributed by atoms with van der Waals surface area (Å²) >= 11 is 0. The van der Waals surface area contributed by atoms with Crippen LogP contribution in [0.5, 0.6) is 11.5 Å². The molecule has 4 rings (SSSR count). The predicted octanol–water partition coefficient (Wildman–Crippen LogP) is 3.11. The number of imide groups is 1. The SMILES string of the molecule is CCOc1ccc(N2C(=O)c3ccc(C(=O)OCc4cccc(OCC(N)=O)c4)cc3C2=O)cc1. The van der Waals surface area contributed by atoms with Gasteiger partial charge >= 0.3 is 5.97 Å². The molecule has 0 saturated carbocycles. The summed E-state index contributed by atoms with van der Waals surface area (Å²) in [5.74, 6) is -1.22. The Labute approximate surface area is 201 Å². The second kappa shape index (κ2) is 10.1. The Kier molecular flexibility index (Phi) is 6.77. The number of esters is 1. The summed E-state index contributed by atoms with van der Waals surface area (Å²) in [6.07, 6.45) is 0. The van der Waals surface area contributed by atoms with Crippen molar-refractivity contribution in [2.24, 2.45) is 5.73 Å². The minimum Gasteiger partial charge on any atom is -0.494 e. The molecule has 0 atom stereocenters. The van der Waals surface area contributed by atoms with Gasteiger partial charge in [-0.2, -0.15) is 0 Å². The Morgan fingerprint density at radius 1 is 0.857 bits per heavy atom. The third-order valence-corrected chi connectivity index (χ3v) is 5.18. The molecule has 2 N–H and O–H groups in total.